The van der Waals surface area contributed by atoms with E-state index in [9.17, 15) is 17.6 Å². The Kier molecular flexibility index (Phi) is 4.27. The van der Waals surface area contributed by atoms with Crippen LogP contribution in [-0.2, 0) is 16.6 Å². The van der Waals surface area contributed by atoms with Gasteiger partial charge in [-0.15, -0.1) is 0 Å². The smallest absolute Gasteiger partial charge is 0.211 e. The number of hydrogen-bond donors (Lipinski definition) is 0. The highest BCUT2D eigenvalue weighted by molar-refractivity contribution is 7.88. The highest BCUT2D eigenvalue weighted by Gasteiger charge is 2.33. The minimum atomic E-state index is -3.45. The van der Waals surface area contributed by atoms with E-state index in [4.69, 9.17) is 4.52 Å². The Hall–Kier alpha value is -2.06. The summed E-state index contributed by atoms with van der Waals surface area (Å²) in [5.74, 6) is -0.118. The lowest BCUT2D eigenvalue weighted by Gasteiger charge is -2.16. The number of hydrogen-bond acceptors (Lipinski definition) is 5. The van der Waals surface area contributed by atoms with Gasteiger partial charge in [0, 0.05) is 25.1 Å². The molecule has 1 aliphatic carbocycles. The predicted molar refractivity (Wildman–Crippen MR) is 84.6 cm³/mol. The quantitative estimate of drug-likeness (QED) is 0.745. The van der Waals surface area contributed by atoms with Gasteiger partial charge in [0.1, 0.15) is 5.82 Å². The fourth-order valence-corrected chi connectivity index (χ4v) is 2.85. The van der Waals surface area contributed by atoms with Crippen LogP contribution in [0, 0.1) is 5.82 Å². The third kappa shape index (κ3) is 3.39. The fraction of sp³-hybridized carbons (Fsp3) is 0.375. The molecule has 2 aromatic rings. The van der Waals surface area contributed by atoms with E-state index in [1.165, 1.54) is 31.4 Å². The molecule has 0 N–H and O–H groups in total. The number of carbonyl (C=O) groups excluding carboxylic acids is 1. The molecule has 6 nitrogen and oxygen atoms in total. The lowest BCUT2D eigenvalue weighted by atomic mass is 9.97. The zero-order chi connectivity index (χ0) is 17.5. The van der Waals surface area contributed by atoms with Crippen LogP contribution in [0.25, 0.3) is 0 Å². The molecule has 1 aliphatic rings. The van der Waals surface area contributed by atoms with Crippen LogP contribution in [0.5, 0.6) is 0 Å². The Labute approximate surface area is 139 Å². The van der Waals surface area contributed by atoms with E-state index >= 15 is 0 Å². The fourth-order valence-electron chi connectivity index (χ4n) is 2.48. The second-order valence-electron chi connectivity index (χ2n) is 6.03. The molecule has 1 fully saturated rings. The van der Waals surface area contributed by atoms with Gasteiger partial charge in [-0.3, -0.25) is 4.79 Å². The highest BCUT2D eigenvalue weighted by atomic mass is 32.2. The van der Waals surface area contributed by atoms with Crippen molar-refractivity contribution >= 4 is 15.8 Å². The Bertz CT molecular complexity index is 887. The van der Waals surface area contributed by atoms with Crippen LogP contribution >= 0.6 is 0 Å². The molecule has 128 valence electrons. The van der Waals surface area contributed by atoms with E-state index in [-0.39, 0.29) is 23.8 Å². The lowest BCUT2D eigenvalue weighted by Crippen LogP contribution is -2.26. The molecule has 8 heteroatoms. The van der Waals surface area contributed by atoms with Gasteiger partial charge in [0.25, 0.3) is 0 Å². The Morgan fingerprint density at radius 1 is 1.38 bits per heavy atom. The molecule has 1 aromatic heterocycles. The molecule has 1 saturated carbocycles. The second-order valence-corrected chi connectivity index (χ2v) is 8.12. The molecule has 1 aromatic carbocycles. The molecule has 0 radical (unpaired) electrons. The highest BCUT2D eigenvalue weighted by Crippen LogP contribution is 2.42. The van der Waals surface area contributed by atoms with Crippen LogP contribution in [0.1, 0.15) is 46.0 Å². The number of nitrogens with zero attached hydrogens (tertiary/aromatic N) is 2. The maximum absolute atomic E-state index is 13.6. The maximum atomic E-state index is 13.6. The van der Waals surface area contributed by atoms with Crippen LogP contribution in [0.15, 0.2) is 28.9 Å². The molecule has 0 saturated heterocycles. The van der Waals surface area contributed by atoms with E-state index in [0.29, 0.717) is 16.9 Å². The number of ketones is 1. The first-order chi connectivity index (χ1) is 11.3. The van der Waals surface area contributed by atoms with Crippen LogP contribution in [0.4, 0.5) is 4.39 Å². The van der Waals surface area contributed by atoms with Gasteiger partial charge in [-0.2, -0.15) is 0 Å². The summed E-state index contributed by atoms with van der Waals surface area (Å²) < 4.78 is 43.1. The topological polar surface area (TPSA) is 80.5 Å². The van der Waals surface area contributed by atoms with Gasteiger partial charge in [-0.1, -0.05) is 5.16 Å². The molecule has 0 atom stereocenters. The van der Waals surface area contributed by atoms with Crippen molar-refractivity contribution in [1.82, 2.24) is 9.46 Å². The van der Waals surface area contributed by atoms with Crippen molar-refractivity contribution in [3.63, 3.8) is 0 Å². The van der Waals surface area contributed by atoms with E-state index in [2.05, 4.69) is 5.16 Å². The van der Waals surface area contributed by atoms with Crippen LogP contribution in [-0.4, -0.2) is 37.0 Å². The Morgan fingerprint density at radius 3 is 2.71 bits per heavy atom. The van der Waals surface area contributed by atoms with Crippen molar-refractivity contribution in [3.8, 4) is 0 Å². The maximum Gasteiger partial charge on any atom is 0.211 e. The molecular weight excluding hydrogens is 335 g/mol. The molecule has 0 amide bonds. The molecule has 0 unspecified atom stereocenters. The first-order valence-electron chi connectivity index (χ1n) is 7.46. The van der Waals surface area contributed by atoms with Gasteiger partial charge < -0.3 is 4.52 Å². The third-order valence-corrected chi connectivity index (χ3v) is 5.32. The van der Waals surface area contributed by atoms with Gasteiger partial charge in [0.05, 0.1) is 18.0 Å². The molecule has 0 spiro atoms. The summed E-state index contributed by atoms with van der Waals surface area (Å²) >= 11 is 0. The van der Waals surface area contributed by atoms with Crippen molar-refractivity contribution < 1.29 is 22.1 Å². The SMILES string of the molecule is CN(Cc1cc(F)ccc1C(=O)c1cnoc1C1CC1)S(C)(=O)=O. The molecule has 24 heavy (non-hydrogen) atoms. The van der Waals surface area contributed by atoms with Crippen molar-refractivity contribution in [2.24, 2.45) is 0 Å². The van der Waals surface area contributed by atoms with Crippen LogP contribution < -0.4 is 0 Å². The number of rotatable bonds is 6. The summed E-state index contributed by atoms with van der Waals surface area (Å²) in [4.78, 5) is 12.8. The van der Waals surface area contributed by atoms with E-state index in [1.807, 2.05) is 0 Å². The number of benzene rings is 1. The average Bonchev–Trinajstić information content (AvgIpc) is 3.23. The first-order valence-corrected chi connectivity index (χ1v) is 9.31. The summed E-state index contributed by atoms with van der Waals surface area (Å²) in [6.07, 6.45) is 4.31. The summed E-state index contributed by atoms with van der Waals surface area (Å²) in [6.45, 7) is -0.0955. The van der Waals surface area contributed by atoms with Gasteiger partial charge in [0.15, 0.2) is 11.5 Å². The summed E-state index contributed by atoms with van der Waals surface area (Å²) in [6, 6.07) is 3.73. The largest absolute Gasteiger partial charge is 0.360 e. The van der Waals surface area contributed by atoms with Crippen LogP contribution in [0.2, 0.25) is 0 Å². The normalized spacial score (nSPS) is 15.0. The second kappa shape index (κ2) is 6.10. The summed E-state index contributed by atoms with van der Waals surface area (Å²) in [5, 5.41) is 3.70. The van der Waals surface area contributed by atoms with E-state index < -0.39 is 15.8 Å². The Morgan fingerprint density at radius 2 is 2.08 bits per heavy atom. The van der Waals surface area contributed by atoms with Gasteiger partial charge in [-0.25, -0.2) is 17.1 Å². The number of carbonyl (C=O) groups is 1. The van der Waals surface area contributed by atoms with Crippen molar-refractivity contribution in [2.75, 3.05) is 13.3 Å². The molecular formula is C16H17FN2O4S. The van der Waals surface area contributed by atoms with Crippen molar-refractivity contribution in [1.29, 1.82) is 0 Å². The summed E-state index contributed by atoms with van der Waals surface area (Å²) in [7, 11) is -2.07. The zero-order valence-electron chi connectivity index (χ0n) is 13.3. The van der Waals surface area contributed by atoms with Crippen molar-refractivity contribution in [2.45, 2.75) is 25.3 Å². The number of sulfonamides is 1. The standard InChI is InChI=1S/C16H17FN2O4S/c1-19(24(2,21)22)9-11-7-12(17)5-6-13(11)15(20)14-8-18-23-16(14)10-3-4-10/h5-8,10H,3-4,9H2,1-2H3. The molecule has 1 heterocycles. The summed E-state index contributed by atoms with van der Waals surface area (Å²) in [5.41, 5.74) is 0.903. The van der Waals surface area contributed by atoms with Gasteiger partial charge >= 0.3 is 0 Å². The van der Waals surface area contributed by atoms with E-state index in [1.54, 1.807) is 0 Å². The van der Waals surface area contributed by atoms with E-state index in [0.717, 1.165) is 23.4 Å². The Balaban J connectivity index is 1.98. The molecule has 0 bridgehead atoms. The van der Waals surface area contributed by atoms with Crippen molar-refractivity contribution in [3.05, 3.63) is 52.7 Å². The van der Waals surface area contributed by atoms with Gasteiger partial charge in [0.2, 0.25) is 10.0 Å². The van der Waals surface area contributed by atoms with Crippen LogP contribution in [0.3, 0.4) is 0 Å². The predicted octanol–water partition coefficient (Wildman–Crippen LogP) is 2.31. The minimum Gasteiger partial charge on any atom is -0.360 e. The number of halogens is 1. The third-order valence-electron chi connectivity index (χ3n) is 4.06. The monoisotopic (exact) mass is 352 g/mol. The first kappa shape index (κ1) is 16.8. The number of aromatic nitrogens is 1. The zero-order valence-corrected chi connectivity index (χ0v) is 14.1. The van der Waals surface area contributed by atoms with Gasteiger partial charge in [-0.05, 0) is 36.6 Å². The molecule has 3 rings (SSSR count). The average molecular weight is 352 g/mol. The lowest BCUT2D eigenvalue weighted by molar-refractivity contribution is 0.103. The molecule has 0 aliphatic heterocycles. The minimum absolute atomic E-state index is 0.0955.